The molecule has 0 spiro atoms. The van der Waals surface area contributed by atoms with Gasteiger partial charge in [0.25, 0.3) is 11.8 Å². The quantitative estimate of drug-likeness (QED) is 0.437. The van der Waals surface area contributed by atoms with Gasteiger partial charge in [-0.3, -0.25) is 9.59 Å². The fourth-order valence-electron chi connectivity index (χ4n) is 1.75. The predicted molar refractivity (Wildman–Crippen MR) is 90.5 cm³/mol. The van der Waals surface area contributed by atoms with Gasteiger partial charge in [-0.15, -0.1) is 0 Å². The Morgan fingerprint density at radius 1 is 1.08 bits per heavy atom. The van der Waals surface area contributed by atoms with Crippen LogP contribution >= 0.6 is 0 Å². The SMILES string of the molecule is O=C(COc1ccccc1)NCC(=O)NN=Cc1ccc(O)cc1O. The monoisotopic (exact) mass is 343 g/mol. The molecule has 25 heavy (non-hydrogen) atoms. The lowest BCUT2D eigenvalue weighted by Gasteiger charge is -2.06. The van der Waals surface area contributed by atoms with E-state index in [9.17, 15) is 14.7 Å². The summed E-state index contributed by atoms with van der Waals surface area (Å²) < 4.78 is 5.24. The molecule has 0 fully saturated rings. The van der Waals surface area contributed by atoms with E-state index in [-0.39, 0.29) is 24.7 Å². The normalized spacial score (nSPS) is 10.4. The Kier molecular flexibility index (Phi) is 6.35. The molecule has 2 aromatic rings. The summed E-state index contributed by atoms with van der Waals surface area (Å²) in [5, 5.41) is 24.8. The molecule has 0 heterocycles. The zero-order valence-electron chi connectivity index (χ0n) is 13.2. The summed E-state index contributed by atoms with van der Waals surface area (Å²) in [5.41, 5.74) is 2.52. The number of carbonyl (C=O) groups excluding carboxylic acids is 2. The van der Waals surface area contributed by atoms with Gasteiger partial charge in [0, 0.05) is 11.6 Å². The van der Waals surface area contributed by atoms with Crippen molar-refractivity contribution < 1.29 is 24.5 Å². The molecule has 2 aromatic carbocycles. The van der Waals surface area contributed by atoms with Crippen LogP contribution in [0.25, 0.3) is 0 Å². The van der Waals surface area contributed by atoms with Crippen LogP contribution in [0.1, 0.15) is 5.56 Å². The van der Waals surface area contributed by atoms with Crippen molar-refractivity contribution in [1.29, 1.82) is 0 Å². The third kappa shape index (κ3) is 6.22. The van der Waals surface area contributed by atoms with Crippen LogP contribution in [0.15, 0.2) is 53.6 Å². The number of amides is 2. The van der Waals surface area contributed by atoms with Gasteiger partial charge in [-0.25, -0.2) is 5.43 Å². The molecule has 0 saturated carbocycles. The molecule has 0 aromatic heterocycles. The number of ether oxygens (including phenoxy) is 1. The van der Waals surface area contributed by atoms with Crippen molar-refractivity contribution in [2.45, 2.75) is 0 Å². The van der Waals surface area contributed by atoms with Crippen LogP contribution in [0.3, 0.4) is 0 Å². The first-order valence-electron chi connectivity index (χ1n) is 7.33. The second kappa shape index (κ2) is 8.92. The number of benzene rings is 2. The molecule has 0 unspecified atom stereocenters. The maximum Gasteiger partial charge on any atom is 0.259 e. The summed E-state index contributed by atoms with van der Waals surface area (Å²) in [6.45, 7) is -0.474. The number of hydrogen-bond acceptors (Lipinski definition) is 6. The first-order valence-corrected chi connectivity index (χ1v) is 7.33. The number of nitrogens with zero attached hydrogens (tertiary/aromatic N) is 1. The van der Waals surface area contributed by atoms with Crippen molar-refractivity contribution in [2.75, 3.05) is 13.2 Å². The van der Waals surface area contributed by atoms with Crippen molar-refractivity contribution in [3.8, 4) is 17.2 Å². The molecule has 0 aliphatic heterocycles. The number of rotatable bonds is 7. The lowest BCUT2D eigenvalue weighted by Crippen LogP contribution is -2.37. The van der Waals surface area contributed by atoms with Crippen LogP contribution < -0.4 is 15.5 Å². The highest BCUT2D eigenvalue weighted by atomic mass is 16.5. The van der Waals surface area contributed by atoms with Gasteiger partial charge in [0.05, 0.1) is 12.8 Å². The Labute approximate surface area is 143 Å². The van der Waals surface area contributed by atoms with Gasteiger partial charge in [-0.2, -0.15) is 5.10 Å². The van der Waals surface area contributed by atoms with Crippen molar-refractivity contribution >= 4 is 18.0 Å². The summed E-state index contributed by atoms with van der Waals surface area (Å²) in [6, 6.07) is 12.8. The zero-order valence-corrected chi connectivity index (χ0v) is 13.2. The first-order chi connectivity index (χ1) is 12.0. The molecule has 8 nitrogen and oxygen atoms in total. The molecular weight excluding hydrogens is 326 g/mol. The van der Waals surface area contributed by atoms with E-state index in [0.717, 1.165) is 6.07 Å². The molecule has 2 rings (SSSR count). The first kappa shape index (κ1) is 17.8. The minimum Gasteiger partial charge on any atom is -0.508 e. The molecule has 0 aliphatic carbocycles. The van der Waals surface area contributed by atoms with E-state index in [1.807, 2.05) is 6.07 Å². The molecule has 0 bridgehead atoms. The van der Waals surface area contributed by atoms with Crippen LogP contribution in [-0.4, -0.2) is 41.4 Å². The third-order valence-electron chi connectivity index (χ3n) is 2.97. The minimum atomic E-state index is -0.539. The number of hydrogen-bond donors (Lipinski definition) is 4. The van der Waals surface area contributed by atoms with E-state index in [2.05, 4.69) is 15.8 Å². The molecule has 0 radical (unpaired) electrons. The van der Waals surface area contributed by atoms with Gasteiger partial charge >= 0.3 is 0 Å². The number of phenols is 2. The van der Waals surface area contributed by atoms with E-state index >= 15 is 0 Å². The van der Waals surface area contributed by atoms with Crippen LogP contribution in [0.4, 0.5) is 0 Å². The molecule has 4 N–H and O–H groups in total. The summed E-state index contributed by atoms with van der Waals surface area (Å²) in [5.74, 6) is -0.689. The highest BCUT2D eigenvalue weighted by molar-refractivity contribution is 5.87. The highest BCUT2D eigenvalue weighted by Crippen LogP contribution is 2.20. The summed E-state index contributed by atoms with van der Waals surface area (Å²) in [6.07, 6.45) is 1.22. The van der Waals surface area contributed by atoms with Gasteiger partial charge in [0.1, 0.15) is 17.2 Å². The Balaban J connectivity index is 1.69. The third-order valence-corrected chi connectivity index (χ3v) is 2.97. The maximum atomic E-state index is 11.6. The molecular formula is C17H17N3O5. The summed E-state index contributed by atoms with van der Waals surface area (Å²) in [4.78, 5) is 23.1. The number of phenolic OH excluding ortho intramolecular Hbond substituents is 2. The minimum absolute atomic E-state index is 0.0841. The topological polar surface area (TPSA) is 120 Å². The fourth-order valence-corrected chi connectivity index (χ4v) is 1.75. The maximum absolute atomic E-state index is 11.6. The van der Waals surface area contributed by atoms with E-state index in [4.69, 9.17) is 9.84 Å². The Morgan fingerprint density at radius 2 is 1.84 bits per heavy atom. The van der Waals surface area contributed by atoms with Crippen LogP contribution in [0.2, 0.25) is 0 Å². The molecule has 130 valence electrons. The summed E-state index contributed by atoms with van der Waals surface area (Å²) >= 11 is 0. The Morgan fingerprint density at radius 3 is 2.56 bits per heavy atom. The second-order valence-electron chi connectivity index (χ2n) is 4.91. The molecule has 0 saturated heterocycles. The van der Waals surface area contributed by atoms with Gasteiger partial charge in [-0.1, -0.05) is 18.2 Å². The Bertz CT molecular complexity index is 762. The molecule has 8 heteroatoms. The second-order valence-corrected chi connectivity index (χ2v) is 4.91. The largest absolute Gasteiger partial charge is 0.508 e. The standard InChI is InChI=1S/C17H17N3O5/c21-13-7-6-12(15(22)8-13)9-19-20-16(23)10-18-17(24)11-25-14-4-2-1-3-5-14/h1-9,21-22H,10-11H2,(H,18,24)(H,20,23). The van der Waals surface area contributed by atoms with Gasteiger partial charge in [-0.05, 0) is 24.3 Å². The fraction of sp³-hybridized carbons (Fsp3) is 0.118. The van der Waals surface area contributed by atoms with E-state index in [1.54, 1.807) is 24.3 Å². The summed E-state index contributed by atoms with van der Waals surface area (Å²) in [7, 11) is 0. The van der Waals surface area contributed by atoms with Crippen molar-refractivity contribution in [1.82, 2.24) is 10.7 Å². The van der Waals surface area contributed by atoms with Gasteiger partial charge in [0.15, 0.2) is 6.61 Å². The van der Waals surface area contributed by atoms with E-state index < -0.39 is 11.8 Å². The average Bonchev–Trinajstić information content (AvgIpc) is 2.61. The lowest BCUT2D eigenvalue weighted by atomic mass is 10.2. The molecule has 2 amide bonds. The van der Waals surface area contributed by atoms with Crippen molar-refractivity contribution in [2.24, 2.45) is 5.10 Å². The van der Waals surface area contributed by atoms with Gasteiger partial charge < -0.3 is 20.3 Å². The van der Waals surface area contributed by atoms with Crippen molar-refractivity contribution in [3.05, 3.63) is 54.1 Å². The number of nitrogens with one attached hydrogen (secondary N) is 2. The van der Waals surface area contributed by atoms with E-state index in [1.165, 1.54) is 18.3 Å². The number of carbonyl (C=O) groups is 2. The highest BCUT2D eigenvalue weighted by Gasteiger charge is 2.06. The van der Waals surface area contributed by atoms with Crippen LogP contribution in [0.5, 0.6) is 17.2 Å². The number of para-hydroxylation sites is 1. The molecule has 0 aliphatic rings. The molecule has 0 atom stereocenters. The van der Waals surface area contributed by atoms with E-state index in [0.29, 0.717) is 11.3 Å². The zero-order chi connectivity index (χ0) is 18.1. The number of aromatic hydroxyl groups is 2. The van der Waals surface area contributed by atoms with Crippen LogP contribution in [0, 0.1) is 0 Å². The number of hydrazone groups is 1. The lowest BCUT2D eigenvalue weighted by molar-refractivity contribution is -0.127. The average molecular weight is 343 g/mol. The predicted octanol–water partition coefficient (Wildman–Crippen LogP) is 0.743. The smallest absolute Gasteiger partial charge is 0.259 e. The van der Waals surface area contributed by atoms with Gasteiger partial charge in [0.2, 0.25) is 0 Å². The Hall–Kier alpha value is -3.55. The van der Waals surface area contributed by atoms with Crippen molar-refractivity contribution in [3.63, 3.8) is 0 Å². The van der Waals surface area contributed by atoms with Crippen LogP contribution in [-0.2, 0) is 9.59 Å².